The van der Waals surface area contributed by atoms with Crippen molar-refractivity contribution in [3.8, 4) is 22.9 Å². The second-order valence-corrected chi connectivity index (χ2v) is 5.36. The van der Waals surface area contributed by atoms with Gasteiger partial charge in [-0.25, -0.2) is 9.18 Å². The van der Waals surface area contributed by atoms with Crippen molar-refractivity contribution in [3.63, 3.8) is 0 Å². The number of hydrogen-bond acceptors (Lipinski definition) is 5. The Kier molecular flexibility index (Phi) is 4.06. The quantitative estimate of drug-likeness (QED) is 0.901. The zero-order valence-corrected chi connectivity index (χ0v) is 12.6. The molecular formula is C17H14FN3O3. The maximum Gasteiger partial charge on any atom is 0.414 e. The van der Waals surface area contributed by atoms with E-state index in [1.54, 1.807) is 12.1 Å². The van der Waals surface area contributed by atoms with E-state index in [0.29, 0.717) is 11.3 Å². The largest absolute Gasteiger partial charge is 0.507 e. The number of hydrogen-bond donors (Lipinski definition) is 2. The minimum atomic E-state index is -0.561. The molecule has 1 aliphatic rings. The minimum Gasteiger partial charge on any atom is -0.507 e. The van der Waals surface area contributed by atoms with E-state index >= 15 is 0 Å². The van der Waals surface area contributed by atoms with Crippen molar-refractivity contribution < 1.29 is 19.0 Å². The van der Waals surface area contributed by atoms with Crippen LogP contribution in [-0.2, 0) is 4.74 Å². The number of phenols is 1. The lowest BCUT2D eigenvalue weighted by Gasteiger charge is -2.14. The Bertz CT molecular complexity index is 847. The van der Waals surface area contributed by atoms with Crippen LogP contribution in [0.2, 0.25) is 0 Å². The van der Waals surface area contributed by atoms with Crippen LogP contribution in [0.4, 0.5) is 14.9 Å². The van der Waals surface area contributed by atoms with Crippen LogP contribution in [0.25, 0.3) is 11.1 Å². The van der Waals surface area contributed by atoms with E-state index < -0.39 is 18.0 Å². The van der Waals surface area contributed by atoms with Crippen LogP contribution in [0.15, 0.2) is 36.4 Å². The highest BCUT2D eigenvalue weighted by Gasteiger charge is 2.31. The first-order valence-corrected chi connectivity index (χ1v) is 7.24. The van der Waals surface area contributed by atoms with Crippen LogP contribution in [0.5, 0.6) is 5.75 Å². The third-order valence-corrected chi connectivity index (χ3v) is 3.83. The molecule has 0 aliphatic carbocycles. The van der Waals surface area contributed by atoms with Crippen molar-refractivity contribution in [1.29, 1.82) is 5.26 Å². The van der Waals surface area contributed by atoms with Gasteiger partial charge in [0.2, 0.25) is 0 Å². The molecule has 1 fully saturated rings. The number of rotatable bonds is 3. The molecule has 1 saturated heterocycles. The van der Waals surface area contributed by atoms with Gasteiger partial charge in [-0.15, -0.1) is 0 Å². The molecule has 0 bridgehead atoms. The Balaban J connectivity index is 1.92. The van der Waals surface area contributed by atoms with Gasteiger partial charge < -0.3 is 15.6 Å². The standard InChI is InChI=1S/C17H14FN3O3/c18-15-6-12(21-9-13(8-20)24-17(21)23)3-4-14(15)10-1-2-11(7-19)16(22)5-10/h1-6,13,22H,8-9,20H2/t13-/m0/s1. The molecule has 3 N–H and O–H groups in total. The third-order valence-electron chi connectivity index (χ3n) is 3.83. The number of phenolic OH excluding ortho intramolecular Hbond substituents is 1. The van der Waals surface area contributed by atoms with Crippen LogP contribution in [0, 0.1) is 17.1 Å². The number of nitriles is 1. The molecule has 24 heavy (non-hydrogen) atoms. The number of aromatic hydroxyl groups is 1. The molecule has 1 aliphatic heterocycles. The summed E-state index contributed by atoms with van der Waals surface area (Å²) in [5.74, 6) is -0.770. The number of carbonyl (C=O) groups excluding carboxylic acids is 1. The van der Waals surface area contributed by atoms with Gasteiger partial charge in [0.25, 0.3) is 0 Å². The number of cyclic esters (lactones) is 1. The van der Waals surface area contributed by atoms with Gasteiger partial charge in [-0.1, -0.05) is 6.07 Å². The average molecular weight is 327 g/mol. The number of carbonyl (C=O) groups is 1. The van der Waals surface area contributed by atoms with Gasteiger partial charge in [-0.05, 0) is 35.9 Å². The molecule has 0 unspecified atom stereocenters. The molecule has 6 nitrogen and oxygen atoms in total. The second-order valence-electron chi connectivity index (χ2n) is 5.36. The van der Waals surface area contributed by atoms with E-state index in [0.717, 1.165) is 0 Å². The normalized spacial score (nSPS) is 16.8. The lowest BCUT2D eigenvalue weighted by Crippen LogP contribution is -2.27. The van der Waals surface area contributed by atoms with Gasteiger partial charge >= 0.3 is 6.09 Å². The third kappa shape index (κ3) is 2.75. The fraction of sp³-hybridized carbons (Fsp3) is 0.176. The lowest BCUT2D eigenvalue weighted by atomic mass is 10.0. The maximum atomic E-state index is 14.5. The molecule has 1 heterocycles. The number of halogens is 1. The Labute approximate surface area is 137 Å². The van der Waals surface area contributed by atoms with E-state index in [4.69, 9.17) is 15.7 Å². The average Bonchev–Trinajstić information content (AvgIpc) is 2.95. The van der Waals surface area contributed by atoms with Crippen molar-refractivity contribution in [2.24, 2.45) is 5.73 Å². The van der Waals surface area contributed by atoms with Crippen molar-refractivity contribution >= 4 is 11.8 Å². The van der Waals surface area contributed by atoms with Gasteiger partial charge in [0.05, 0.1) is 17.8 Å². The predicted molar refractivity (Wildman–Crippen MR) is 84.9 cm³/mol. The second kappa shape index (κ2) is 6.18. The number of anilines is 1. The van der Waals surface area contributed by atoms with Gasteiger partial charge in [-0.2, -0.15) is 5.26 Å². The minimum absolute atomic E-state index is 0.114. The number of nitrogens with zero attached hydrogens (tertiary/aromatic N) is 2. The summed E-state index contributed by atoms with van der Waals surface area (Å²) in [6.45, 7) is 0.471. The molecule has 1 atom stereocenters. The van der Waals surface area contributed by atoms with Crippen molar-refractivity contribution in [2.75, 3.05) is 18.0 Å². The molecule has 122 valence electrons. The zero-order valence-electron chi connectivity index (χ0n) is 12.6. The van der Waals surface area contributed by atoms with Crippen LogP contribution in [0.1, 0.15) is 5.56 Å². The molecule has 0 aromatic heterocycles. The molecule has 7 heteroatoms. The summed E-state index contributed by atoms with van der Waals surface area (Å²) < 4.78 is 19.5. The summed E-state index contributed by atoms with van der Waals surface area (Å²) in [6.07, 6.45) is -0.968. The van der Waals surface area contributed by atoms with Gasteiger partial charge in [0, 0.05) is 12.1 Å². The fourth-order valence-electron chi connectivity index (χ4n) is 2.55. The Morgan fingerprint density at radius 3 is 2.75 bits per heavy atom. The van der Waals surface area contributed by atoms with Crippen LogP contribution in [-0.4, -0.2) is 30.4 Å². The number of benzene rings is 2. The molecule has 0 saturated carbocycles. The molecular weight excluding hydrogens is 313 g/mol. The molecule has 1 amide bonds. The van der Waals surface area contributed by atoms with Crippen molar-refractivity contribution in [3.05, 3.63) is 47.8 Å². The summed E-state index contributed by atoms with van der Waals surface area (Å²) in [5.41, 5.74) is 6.65. The summed E-state index contributed by atoms with van der Waals surface area (Å²) in [7, 11) is 0. The monoisotopic (exact) mass is 327 g/mol. The highest BCUT2D eigenvalue weighted by molar-refractivity contribution is 5.90. The van der Waals surface area contributed by atoms with E-state index in [-0.39, 0.29) is 30.0 Å². The van der Waals surface area contributed by atoms with Crippen molar-refractivity contribution in [2.45, 2.75) is 6.10 Å². The summed E-state index contributed by atoms with van der Waals surface area (Å²) in [6, 6.07) is 10.5. The summed E-state index contributed by atoms with van der Waals surface area (Å²) in [4.78, 5) is 13.1. The summed E-state index contributed by atoms with van der Waals surface area (Å²) >= 11 is 0. The molecule has 2 aromatic carbocycles. The SMILES string of the molecule is N#Cc1ccc(-c2ccc(N3C[C@H](CN)OC3=O)cc2F)cc1O. The zero-order chi connectivity index (χ0) is 17.3. The fourth-order valence-corrected chi connectivity index (χ4v) is 2.55. The number of amides is 1. The van der Waals surface area contributed by atoms with Gasteiger partial charge in [0.15, 0.2) is 0 Å². The highest BCUT2D eigenvalue weighted by atomic mass is 19.1. The van der Waals surface area contributed by atoms with E-state index in [1.807, 2.05) is 6.07 Å². The Morgan fingerprint density at radius 2 is 2.17 bits per heavy atom. The van der Waals surface area contributed by atoms with Gasteiger partial charge in [-0.3, -0.25) is 4.90 Å². The first-order chi connectivity index (χ1) is 11.5. The summed E-state index contributed by atoms with van der Waals surface area (Å²) in [5, 5.41) is 18.6. The van der Waals surface area contributed by atoms with Crippen LogP contribution >= 0.6 is 0 Å². The van der Waals surface area contributed by atoms with Crippen LogP contribution in [0.3, 0.4) is 0 Å². The first-order valence-electron chi connectivity index (χ1n) is 7.24. The molecule has 2 aromatic rings. The molecule has 0 radical (unpaired) electrons. The van der Waals surface area contributed by atoms with Crippen LogP contribution < -0.4 is 10.6 Å². The Morgan fingerprint density at radius 1 is 1.38 bits per heavy atom. The highest BCUT2D eigenvalue weighted by Crippen LogP contribution is 2.31. The van der Waals surface area contributed by atoms with Crippen molar-refractivity contribution in [1.82, 2.24) is 0 Å². The predicted octanol–water partition coefficient (Wildman–Crippen LogP) is 2.35. The molecule has 3 rings (SSSR count). The van der Waals surface area contributed by atoms with Gasteiger partial charge in [0.1, 0.15) is 23.7 Å². The van der Waals surface area contributed by atoms with E-state index in [2.05, 4.69) is 0 Å². The topological polar surface area (TPSA) is 99.6 Å². The van der Waals surface area contributed by atoms with E-state index in [1.165, 1.54) is 29.2 Å². The number of ether oxygens (including phenoxy) is 1. The van der Waals surface area contributed by atoms with E-state index in [9.17, 15) is 14.3 Å². The lowest BCUT2D eigenvalue weighted by molar-refractivity contribution is 0.145. The Hall–Kier alpha value is -3.11. The smallest absolute Gasteiger partial charge is 0.414 e. The maximum absolute atomic E-state index is 14.5. The first kappa shape index (κ1) is 15.8. The number of nitrogens with two attached hydrogens (primary N) is 1. The molecule has 0 spiro atoms.